The van der Waals surface area contributed by atoms with Gasteiger partial charge in [0, 0.05) is 0 Å². The minimum Gasteiger partial charge on any atom is -0.391 e. The van der Waals surface area contributed by atoms with E-state index < -0.39 is 16.2 Å². The molecule has 0 aliphatic rings. The molecule has 1 rings (SSSR count). The van der Waals surface area contributed by atoms with Crippen LogP contribution in [0.15, 0.2) is 29.2 Å². The molecular formula is C15H24O4S. The first kappa shape index (κ1) is 17.1. The van der Waals surface area contributed by atoms with E-state index in [0.717, 1.165) is 18.4 Å². The monoisotopic (exact) mass is 300 g/mol. The van der Waals surface area contributed by atoms with Crippen LogP contribution in [0.25, 0.3) is 0 Å². The van der Waals surface area contributed by atoms with Gasteiger partial charge in [-0.2, -0.15) is 8.42 Å². The fraction of sp³-hybridized carbons (Fsp3) is 0.600. The summed E-state index contributed by atoms with van der Waals surface area (Å²) in [5, 5.41) is 9.76. The van der Waals surface area contributed by atoms with Gasteiger partial charge in [0.15, 0.2) is 0 Å². The Morgan fingerprint density at radius 3 is 2.35 bits per heavy atom. The van der Waals surface area contributed by atoms with Crippen molar-refractivity contribution in [3.05, 3.63) is 29.8 Å². The third kappa shape index (κ3) is 5.61. The van der Waals surface area contributed by atoms with E-state index in [1.165, 1.54) is 12.1 Å². The Morgan fingerprint density at radius 1 is 1.20 bits per heavy atom. The number of aryl methyl sites for hydroxylation is 1. The first-order chi connectivity index (χ1) is 9.35. The SMILES string of the molecule is CC[C@H](C)CC[C@H](O)COS(=O)(=O)c1ccc(C)cc1. The fourth-order valence-corrected chi connectivity index (χ4v) is 2.65. The number of aliphatic hydroxyl groups is 1. The second kappa shape index (κ2) is 7.76. The van der Waals surface area contributed by atoms with Gasteiger partial charge < -0.3 is 5.11 Å². The molecule has 1 N–H and O–H groups in total. The molecule has 2 atom stereocenters. The Balaban J connectivity index is 2.49. The summed E-state index contributed by atoms with van der Waals surface area (Å²) in [4.78, 5) is 0.122. The molecule has 0 unspecified atom stereocenters. The first-order valence-electron chi connectivity index (χ1n) is 6.99. The van der Waals surface area contributed by atoms with E-state index in [9.17, 15) is 13.5 Å². The highest BCUT2D eigenvalue weighted by molar-refractivity contribution is 7.86. The molecule has 114 valence electrons. The number of benzene rings is 1. The lowest BCUT2D eigenvalue weighted by Gasteiger charge is -2.13. The average Bonchev–Trinajstić information content (AvgIpc) is 2.43. The van der Waals surface area contributed by atoms with Crippen LogP contribution >= 0.6 is 0 Å². The molecule has 0 saturated heterocycles. The highest BCUT2D eigenvalue weighted by Gasteiger charge is 2.17. The van der Waals surface area contributed by atoms with Gasteiger partial charge in [-0.3, -0.25) is 4.18 Å². The van der Waals surface area contributed by atoms with Crippen molar-refractivity contribution in [2.45, 2.75) is 51.0 Å². The van der Waals surface area contributed by atoms with E-state index >= 15 is 0 Å². The second-order valence-electron chi connectivity index (χ2n) is 5.30. The lowest BCUT2D eigenvalue weighted by Crippen LogP contribution is -2.19. The van der Waals surface area contributed by atoms with Crippen LogP contribution in [0.5, 0.6) is 0 Å². The molecule has 1 aromatic rings. The Hall–Kier alpha value is -0.910. The smallest absolute Gasteiger partial charge is 0.297 e. The third-order valence-corrected chi connectivity index (χ3v) is 4.71. The van der Waals surface area contributed by atoms with Crippen LogP contribution < -0.4 is 0 Å². The largest absolute Gasteiger partial charge is 0.391 e. The average molecular weight is 300 g/mol. The van der Waals surface area contributed by atoms with Gasteiger partial charge in [0.25, 0.3) is 10.1 Å². The third-order valence-electron chi connectivity index (χ3n) is 3.41. The highest BCUT2D eigenvalue weighted by atomic mass is 32.2. The molecule has 20 heavy (non-hydrogen) atoms. The lowest BCUT2D eigenvalue weighted by molar-refractivity contribution is 0.0970. The maximum absolute atomic E-state index is 11.9. The summed E-state index contributed by atoms with van der Waals surface area (Å²) in [7, 11) is -3.78. The summed E-state index contributed by atoms with van der Waals surface area (Å²) in [6, 6.07) is 6.46. The summed E-state index contributed by atoms with van der Waals surface area (Å²) in [5.74, 6) is 0.526. The number of rotatable bonds is 8. The molecule has 0 aliphatic carbocycles. The maximum Gasteiger partial charge on any atom is 0.297 e. The Labute approximate surface area is 121 Å². The normalized spacial score (nSPS) is 15.0. The molecule has 0 bridgehead atoms. The standard InChI is InChI=1S/C15H24O4S/c1-4-12(2)5-8-14(16)11-19-20(17,18)15-9-6-13(3)7-10-15/h6-7,9-10,12,14,16H,4-5,8,11H2,1-3H3/t12-,14-/m0/s1. The van der Waals surface area contributed by atoms with Crippen molar-refractivity contribution >= 4 is 10.1 Å². The van der Waals surface area contributed by atoms with Gasteiger partial charge in [0.2, 0.25) is 0 Å². The lowest BCUT2D eigenvalue weighted by atomic mass is 10.0. The van der Waals surface area contributed by atoms with E-state index in [0.29, 0.717) is 12.3 Å². The van der Waals surface area contributed by atoms with Crippen LogP contribution in [0.4, 0.5) is 0 Å². The summed E-state index contributed by atoms with van der Waals surface area (Å²) in [6.07, 6.45) is 1.73. The van der Waals surface area contributed by atoms with Gasteiger partial charge in [-0.05, 0) is 37.8 Å². The quantitative estimate of drug-likeness (QED) is 0.750. The van der Waals surface area contributed by atoms with Gasteiger partial charge in [-0.1, -0.05) is 38.0 Å². The van der Waals surface area contributed by atoms with Crippen molar-refractivity contribution in [2.75, 3.05) is 6.61 Å². The van der Waals surface area contributed by atoms with E-state index in [2.05, 4.69) is 13.8 Å². The molecule has 5 heteroatoms. The summed E-state index contributed by atoms with van der Waals surface area (Å²) in [5.41, 5.74) is 0.984. The van der Waals surface area contributed by atoms with Crippen LogP contribution in [-0.4, -0.2) is 26.2 Å². The Kier molecular flexibility index (Phi) is 6.65. The Bertz CT molecular complexity index is 493. The van der Waals surface area contributed by atoms with Crippen LogP contribution in [-0.2, 0) is 14.3 Å². The molecule has 1 aromatic carbocycles. The molecule has 0 aliphatic heterocycles. The molecule has 0 aromatic heterocycles. The van der Waals surface area contributed by atoms with E-state index in [1.54, 1.807) is 12.1 Å². The number of hydrogen-bond donors (Lipinski definition) is 1. The van der Waals surface area contributed by atoms with E-state index in [1.807, 2.05) is 6.92 Å². The maximum atomic E-state index is 11.9. The van der Waals surface area contributed by atoms with Gasteiger partial charge in [0.1, 0.15) is 0 Å². The van der Waals surface area contributed by atoms with Crippen molar-refractivity contribution in [2.24, 2.45) is 5.92 Å². The van der Waals surface area contributed by atoms with Crippen LogP contribution in [0, 0.1) is 12.8 Å². The fourth-order valence-electron chi connectivity index (χ4n) is 1.71. The molecule has 0 heterocycles. The second-order valence-corrected chi connectivity index (χ2v) is 6.91. The molecule has 0 fully saturated rings. The summed E-state index contributed by atoms with van der Waals surface area (Å²) in [6.45, 7) is 5.90. The highest BCUT2D eigenvalue weighted by Crippen LogP contribution is 2.15. The zero-order valence-electron chi connectivity index (χ0n) is 12.4. The van der Waals surface area contributed by atoms with Crippen molar-refractivity contribution in [3.63, 3.8) is 0 Å². The van der Waals surface area contributed by atoms with Crippen molar-refractivity contribution in [1.82, 2.24) is 0 Å². The molecule has 0 saturated carbocycles. The van der Waals surface area contributed by atoms with Gasteiger partial charge >= 0.3 is 0 Å². The van der Waals surface area contributed by atoms with Crippen LogP contribution in [0.1, 0.15) is 38.7 Å². The Morgan fingerprint density at radius 2 is 1.80 bits per heavy atom. The predicted octanol–water partition coefficient (Wildman–Crippen LogP) is 2.89. The zero-order chi connectivity index (χ0) is 15.2. The predicted molar refractivity (Wildman–Crippen MR) is 79.0 cm³/mol. The first-order valence-corrected chi connectivity index (χ1v) is 8.40. The molecule has 0 spiro atoms. The van der Waals surface area contributed by atoms with Crippen LogP contribution in [0.2, 0.25) is 0 Å². The number of aliphatic hydroxyl groups excluding tert-OH is 1. The van der Waals surface area contributed by atoms with Crippen molar-refractivity contribution in [3.8, 4) is 0 Å². The van der Waals surface area contributed by atoms with Gasteiger partial charge in [-0.25, -0.2) is 0 Å². The summed E-state index contributed by atoms with van der Waals surface area (Å²) >= 11 is 0. The molecule has 0 radical (unpaired) electrons. The van der Waals surface area contributed by atoms with Gasteiger partial charge in [-0.15, -0.1) is 0 Å². The molecule has 0 amide bonds. The van der Waals surface area contributed by atoms with E-state index in [-0.39, 0.29) is 11.5 Å². The van der Waals surface area contributed by atoms with Crippen molar-refractivity contribution < 1.29 is 17.7 Å². The van der Waals surface area contributed by atoms with Gasteiger partial charge in [0.05, 0.1) is 17.6 Å². The van der Waals surface area contributed by atoms with Crippen molar-refractivity contribution in [1.29, 1.82) is 0 Å². The zero-order valence-corrected chi connectivity index (χ0v) is 13.2. The minimum absolute atomic E-state index is 0.122. The summed E-state index contributed by atoms with van der Waals surface area (Å²) < 4.78 is 28.7. The van der Waals surface area contributed by atoms with E-state index in [4.69, 9.17) is 4.18 Å². The molecular weight excluding hydrogens is 276 g/mol. The molecule has 4 nitrogen and oxygen atoms in total. The van der Waals surface area contributed by atoms with Crippen LogP contribution in [0.3, 0.4) is 0 Å². The topological polar surface area (TPSA) is 63.6 Å². The minimum atomic E-state index is -3.78. The number of hydrogen-bond acceptors (Lipinski definition) is 4.